The zero-order chi connectivity index (χ0) is 10.5. The molecule has 0 saturated carbocycles. The van der Waals surface area contributed by atoms with E-state index < -0.39 is 12.1 Å². The molecule has 1 aliphatic heterocycles. The lowest BCUT2D eigenvalue weighted by Gasteiger charge is -2.24. The number of rotatable bonds is 1. The molecule has 0 aromatic heterocycles. The fourth-order valence-corrected chi connectivity index (χ4v) is 0.429. The highest BCUT2D eigenvalue weighted by atomic mass is 19.4. The van der Waals surface area contributed by atoms with Crippen molar-refractivity contribution in [2.24, 2.45) is 0 Å². The Hall–Kier alpha value is -0.820. The predicted molar refractivity (Wildman–Crippen MR) is 37.4 cm³/mol. The van der Waals surface area contributed by atoms with Crippen LogP contribution >= 0.6 is 0 Å². The van der Waals surface area contributed by atoms with Gasteiger partial charge < -0.3 is 15.2 Å². The van der Waals surface area contributed by atoms with Crippen LogP contribution in [0, 0.1) is 0 Å². The Morgan fingerprint density at radius 1 is 1.54 bits per heavy atom. The molecule has 0 radical (unpaired) electrons. The van der Waals surface area contributed by atoms with E-state index in [1.165, 1.54) is 0 Å². The first-order valence-electron chi connectivity index (χ1n) is 3.41. The first-order chi connectivity index (χ1) is 5.88. The maximum absolute atomic E-state index is 10.6. The quantitative estimate of drug-likeness (QED) is 0.638. The summed E-state index contributed by atoms with van der Waals surface area (Å²) in [5.41, 5.74) is 0. The Morgan fingerprint density at radius 3 is 1.92 bits per heavy atom. The SMILES string of the molecule is COC1CNC1.O=C(O)C(F)(F)F. The van der Waals surface area contributed by atoms with Gasteiger partial charge in [0.05, 0.1) is 6.10 Å². The van der Waals surface area contributed by atoms with E-state index in [9.17, 15) is 13.2 Å². The van der Waals surface area contributed by atoms with E-state index in [2.05, 4.69) is 5.32 Å². The second-order valence-corrected chi connectivity index (χ2v) is 2.32. The average molecular weight is 201 g/mol. The topological polar surface area (TPSA) is 58.6 Å². The molecule has 4 nitrogen and oxygen atoms in total. The minimum Gasteiger partial charge on any atom is -0.475 e. The fraction of sp³-hybridized carbons (Fsp3) is 0.833. The molecule has 78 valence electrons. The number of ether oxygens (including phenoxy) is 1. The zero-order valence-electron chi connectivity index (χ0n) is 6.89. The van der Waals surface area contributed by atoms with Gasteiger partial charge in [-0.1, -0.05) is 0 Å². The lowest BCUT2D eigenvalue weighted by atomic mass is 10.2. The third-order valence-corrected chi connectivity index (χ3v) is 1.32. The maximum Gasteiger partial charge on any atom is 0.490 e. The smallest absolute Gasteiger partial charge is 0.475 e. The summed E-state index contributed by atoms with van der Waals surface area (Å²) in [7, 11) is 1.74. The molecular weight excluding hydrogens is 191 g/mol. The second-order valence-electron chi connectivity index (χ2n) is 2.32. The Balaban J connectivity index is 0.000000223. The summed E-state index contributed by atoms with van der Waals surface area (Å²) in [6.07, 6.45) is -4.58. The fourth-order valence-electron chi connectivity index (χ4n) is 0.429. The zero-order valence-corrected chi connectivity index (χ0v) is 6.89. The molecule has 1 rings (SSSR count). The third kappa shape index (κ3) is 5.42. The van der Waals surface area contributed by atoms with Gasteiger partial charge in [0.2, 0.25) is 0 Å². The normalized spacial score (nSPS) is 16.9. The highest BCUT2D eigenvalue weighted by Gasteiger charge is 2.38. The molecule has 7 heteroatoms. The molecule has 0 aromatic rings. The van der Waals surface area contributed by atoms with Gasteiger partial charge in [0.15, 0.2) is 0 Å². The van der Waals surface area contributed by atoms with Gasteiger partial charge in [-0.05, 0) is 0 Å². The van der Waals surface area contributed by atoms with Crippen molar-refractivity contribution in [3.05, 3.63) is 0 Å². The minimum absolute atomic E-state index is 0.505. The molecule has 0 bridgehead atoms. The van der Waals surface area contributed by atoms with E-state index in [1.807, 2.05) is 0 Å². The van der Waals surface area contributed by atoms with E-state index in [0.717, 1.165) is 13.1 Å². The van der Waals surface area contributed by atoms with Crippen molar-refractivity contribution in [3.8, 4) is 0 Å². The van der Waals surface area contributed by atoms with Gasteiger partial charge in [-0.15, -0.1) is 0 Å². The van der Waals surface area contributed by atoms with Gasteiger partial charge in [0, 0.05) is 20.2 Å². The lowest BCUT2D eigenvalue weighted by Crippen LogP contribution is -2.47. The Morgan fingerprint density at radius 2 is 1.92 bits per heavy atom. The Bertz CT molecular complexity index is 164. The number of carbonyl (C=O) groups is 1. The molecule has 13 heavy (non-hydrogen) atoms. The summed E-state index contributed by atoms with van der Waals surface area (Å²) in [5.74, 6) is -2.76. The second kappa shape index (κ2) is 5.03. The van der Waals surface area contributed by atoms with Crippen LogP contribution in [0.15, 0.2) is 0 Å². The summed E-state index contributed by atoms with van der Waals surface area (Å²) < 4.78 is 36.7. The molecule has 1 saturated heterocycles. The highest BCUT2D eigenvalue weighted by molar-refractivity contribution is 5.73. The van der Waals surface area contributed by atoms with E-state index in [1.54, 1.807) is 7.11 Å². The van der Waals surface area contributed by atoms with E-state index in [4.69, 9.17) is 14.6 Å². The summed E-state index contributed by atoms with van der Waals surface area (Å²) in [6.45, 7) is 2.08. The first-order valence-corrected chi connectivity index (χ1v) is 3.41. The molecule has 0 aromatic carbocycles. The van der Waals surface area contributed by atoms with E-state index >= 15 is 0 Å². The highest BCUT2D eigenvalue weighted by Crippen LogP contribution is 2.13. The summed E-state index contributed by atoms with van der Waals surface area (Å²) in [4.78, 5) is 8.90. The molecule has 0 aliphatic carbocycles. The number of halogens is 3. The Labute approximate surface area is 72.7 Å². The molecule has 0 unspecified atom stereocenters. The van der Waals surface area contributed by atoms with Crippen LogP contribution in [0.5, 0.6) is 0 Å². The summed E-state index contributed by atoms with van der Waals surface area (Å²) >= 11 is 0. The number of nitrogens with one attached hydrogen (secondary N) is 1. The molecule has 0 amide bonds. The molecule has 0 atom stereocenters. The third-order valence-electron chi connectivity index (χ3n) is 1.32. The number of aliphatic carboxylic acids is 1. The van der Waals surface area contributed by atoms with Gasteiger partial charge in [-0.3, -0.25) is 0 Å². The molecule has 0 spiro atoms. The largest absolute Gasteiger partial charge is 0.490 e. The van der Waals surface area contributed by atoms with Crippen LogP contribution < -0.4 is 5.32 Å². The minimum atomic E-state index is -5.08. The predicted octanol–water partition coefficient (Wildman–Crippen LogP) is 0.238. The van der Waals surface area contributed by atoms with Crippen LogP contribution in [0.25, 0.3) is 0 Å². The van der Waals surface area contributed by atoms with Gasteiger partial charge in [0.25, 0.3) is 0 Å². The van der Waals surface area contributed by atoms with Gasteiger partial charge in [-0.2, -0.15) is 13.2 Å². The van der Waals surface area contributed by atoms with Crippen LogP contribution in [0.1, 0.15) is 0 Å². The van der Waals surface area contributed by atoms with E-state index in [0.29, 0.717) is 6.10 Å². The summed E-state index contributed by atoms with van der Waals surface area (Å²) in [5, 5.41) is 10.2. The van der Waals surface area contributed by atoms with Crippen molar-refractivity contribution >= 4 is 5.97 Å². The molecule has 2 N–H and O–H groups in total. The van der Waals surface area contributed by atoms with Crippen molar-refractivity contribution in [2.75, 3.05) is 20.2 Å². The monoisotopic (exact) mass is 201 g/mol. The number of carboxylic acids is 1. The van der Waals surface area contributed by atoms with Crippen LogP contribution in [-0.4, -0.2) is 43.6 Å². The molecule has 1 aliphatic rings. The van der Waals surface area contributed by atoms with Crippen molar-refractivity contribution in [2.45, 2.75) is 12.3 Å². The van der Waals surface area contributed by atoms with E-state index in [-0.39, 0.29) is 0 Å². The van der Waals surface area contributed by atoms with Crippen molar-refractivity contribution in [3.63, 3.8) is 0 Å². The maximum atomic E-state index is 10.6. The number of hydrogen-bond donors (Lipinski definition) is 2. The Kier molecular flexibility index (Phi) is 4.71. The molecular formula is C6H10F3NO3. The average Bonchev–Trinajstić information content (AvgIpc) is 1.83. The van der Waals surface area contributed by atoms with Gasteiger partial charge in [-0.25, -0.2) is 4.79 Å². The number of methoxy groups -OCH3 is 1. The van der Waals surface area contributed by atoms with Crippen LogP contribution in [0.4, 0.5) is 13.2 Å². The lowest BCUT2D eigenvalue weighted by molar-refractivity contribution is -0.192. The standard InChI is InChI=1S/C4H9NO.C2HF3O2/c1-6-4-2-5-3-4;3-2(4,5)1(6)7/h4-5H,2-3H2,1H3;(H,6,7). The van der Waals surface area contributed by atoms with Gasteiger partial charge >= 0.3 is 12.1 Å². The van der Waals surface area contributed by atoms with Crippen LogP contribution in [0.2, 0.25) is 0 Å². The van der Waals surface area contributed by atoms with Crippen LogP contribution in [-0.2, 0) is 9.53 Å². The number of hydrogen-bond acceptors (Lipinski definition) is 3. The number of alkyl halides is 3. The van der Waals surface area contributed by atoms with Gasteiger partial charge in [0.1, 0.15) is 0 Å². The molecule has 1 heterocycles. The summed E-state index contributed by atoms with van der Waals surface area (Å²) in [6, 6.07) is 0. The van der Waals surface area contributed by atoms with Crippen LogP contribution in [0.3, 0.4) is 0 Å². The van der Waals surface area contributed by atoms with Crippen molar-refractivity contribution in [1.29, 1.82) is 0 Å². The first kappa shape index (κ1) is 12.2. The number of carboxylic acid groups (broad SMARTS) is 1. The van der Waals surface area contributed by atoms with Crippen molar-refractivity contribution in [1.82, 2.24) is 5.32 Å². The van der Waals surface area contributed by atoms with Crippen molar-refractivity contribution < 1.29 is 27.8 Å². The molecule has 1 fully saturated rings.